The van der Waals surface area contributed by atoms with E-state index in [0.29, 0.717) is 29.8 Å². The van der Waals surface area contributed by atoms with Crippen molar-refractivity contribution in [2.24, 2.45) is 5.92 Å². The lowest BCUT2D eigenvalue weighted by atomic mass is 10.0. The van der Waals surface area contributed by atoms with E-state index in [1.54, 1.807) is 18.3 Å². The van der Waals surface area contributed by atoms with Crippen molar-refractivity contribution in [2.45, 2.75) is 31.7 Å². The van der Waals surface area contributed by atoms with E-state index in [1.807, 2.05) is 17.0 Å². The van der Waals surface area contributed by atoms with Gasteiger partial charge in [0.2, 0.25) is 5.91 Å². The molecule has 0 spiro atoms. The van der Waals surface area contributed by atoms with Crippen LogP contribution in [-0.4, -0.2) is 16.9 Å². The summed E-state index contributed by atoms with van der Waals surface area (Å²) < 4.78 is 13.1. The number of benzene rings is 1. The van der Waals surface area contributed by atoms with Crippen LogP contribution in [0.4, 0.5) is 10.2 Å². The fourth-order valence-electron chi connectivity index (χ4n) is 3.71. The largest absolute Gasteiger partial charge is 0.293 e. The molecule has 2 heterocycles. The van der Waals surface area contributed by atoms with Gasteiger partial charge in [-0.2, -0.15) is 0 Å². The van der Waals surface area contributed by atoms with E-state index in [-0.39, 0.29) is 11.7 Å². The second-order valence-electron chi connectivity index (χ2n) is 6.39. The van der Waals surface area contributed by atoms with Crippen LogP contribution < -0.4 is 4.90 Å². The highest BCUT2D eigenvalue weighted by molar-refractivity contribution is 5.95. The molecule has 2 aliphatic rings. The second-order valence-corrected chi connectivity index (χ2v) is 6.39. The Morgan fingerprint density at radius 1 is 1.12 bits per heavy atom. The van der Waals surface area contributed by atoms with Crippen LogP contribution in [0.25, 0.3) is 0 Å². The Morgan fingerprint density at radius 2 is 2.00 bits per heavy atom. The maximum Gasteiger partial charge on any atom is 0.228 e. The normalized spacial score (nSPS) is 22.2. The molecule has 24 heavy (non-hydrogen) atoms. The molecule has 4 heteroatoms. The van der Waals surface area contributed by atoms with E-state index in [9.17, 15) is 9.18 Å². The standard InChI is InChI=1S/C20H17FN2O/c21-17-5-1-3-14(11-17)7-8-15-9-10-19(22-13-15)23-18-6-2-4-16(18)12-20(23)24/h1,3,5,9-11,13,16,18H,2,4,6,12H2. The van der Waals surface area contributed by atoms with Gasteiger partial charge in [0.15, 0.2) is 0 Å². The van der Waals surface area contributed by atoms with Gasteiger partial charge in [-0.15, -0.1) is 0 Å². The Balaban J connectivity index is 1.54. The number of hydrogen-bond acceptors (Lipinski definition) is 2. The van der Waals surface area contributed by atoms with Crippen LogP contribution in [0.5, 0.6) is 0 Å². The van der Waals surface area contributed by atoms with Crippen molar-refractivity contribution in [3.05, 3.63) is 59.5 Å². The third-order valence-electron chi connectivity index (χ3n) is 4.83. The first kappa shape index (κ1) is 14.9. The maximum atomic E-state index is 13.1. The van der Waals surface area contributed by atoms with Crippen LogP contribution in [0, 0.1) is 23.6 Å². The van der Waals surface area contributed by atoms with E-state index in [1.165, 1.54) is 18.6 Å². The highest BCUT2D eigenvalue weighted by atomic mass is 19.1. The molecular weight excluding hydrogens is 303 g/mol. The first-order chi connectivity index (χ1) is 11.7. The molecule has 120 valence electrons. The maximum absolute atomic E-state index is 13.1. The van der Waals surface area contributed by atoms with Crippen molar-refractivity contribution < 1.29 is 9.18 Å². The number of fused-ring (bicyclic) bond motifs is 1. The first-order valence-electron chi connectivity index (χ1n) is 8.26. The van der Waals surface area contributed by atoms with E-state index < -0.39 is 0 Å². The zero-order chi connectivity index (χ0) is 16.5. The van der Waals surface area contributed by atoms with Crippen molar-refractivity contribution in [1.29, 1.82) is 0 Å². The van der Waals surface area contributed by atoms with Gasteiger partial charge in [0, 0.05) is 29.8 Å². The lowest BCUT2D eigenvalue weighted by Gasteiger charge is -2.22. The molecule has 2 atom stereocenters. The number of amides is 1. The Morgan fingerprint density at radius 3 is 2.79 bits per heavy atom. The van der Waals surface area contributed by atoms with Crippen LogP contribution in [-0.2, 0) is 4.79 Å². The molecule has 0 bridgehead atoms. The molecule has 1 amide bonds. The highest BCUT2D eigenvalue weighted by Crippen LogP contribution is 2.40. The summed E-state index contributed by atoms with van der Waals surface area (Å²) in [5.74, 6) is 6.99. The summed E-state index contributed by atoms with van der Waals surface area (Å²) in [6.07, 6.45) is 5.73. The van der Waals surface area contributed by atoms with E-state index in [4.69, 9.17) is 0 Å². The fourth-order valence-corrected chi connectivity index (χ4v) is 3.71. The molecule has 2 aromatic rings. The number of nitrogens with zero attached hydrogens (tertiary/aromatic N) is 2. The van der Waals surface area contributed by atoms with Gasteiger partial charge in [0.25, 0.3) is 0 Å². The molecule has 3 nitrogen and oxygen atoms in total. The van der Waals surface area contributed by atoms with Gasteiger partial charge in [-0.05, 0) is 49.1 Å². The van der Waals surface area contributed by atoms with E-state index >= 15 is 0 Å². The van der Waals surface area contributed by atoms with Crippen molar-refractivity contribution in [3.8, 4) is 11.8 Å². The third-order valence-corrected chi connectivity index (χ3v) is 4.83. The van der Waals surface area contributed by atoms with E-state index in [2.05, 4.69) is 16.8 Å². The average molecular weight is 320 g/mol. The third kappa shape index (κ3) is 2.78. The number of rotatable bonds is 1. The molecule has 4 rings (SSSR count). The summed E-state index contributed by atoms with van der Waals surface area (Å²) >= 11 is 0. The fraction of sp³-hybridized carbons (Fsp3) is 0.300. The van der Waals surface area contributed by atoms with Crippen molar-refractivity contribution in [3.63, 3.8) is 0 Å². The van der Waals surface area contributed by atoms with Gasteiger partial charge in [-0.3, -0.25) is 9.69 Å². The van der Waals surface area contributed by atoms with Crippen molar-refractivity contribution >= 4 is 11.7 Å². The van der Waals surface area contributed by atoms with Gasteiger partial charge in [-0.25, -0.2) is 9.37 Å². The number of carbonyl (C=O) groups excluding carboxylic acids is 1. The van der Waals surface area contributed by atoms with Crippen LogP contribution >= 0.6 is 0 Å². The zero-order valence-corrected chi connectivity index (χ0v) is 13.2. The number of carbonyl (C=O) groups is 1. The van der Waals surface area contributed by atoms with Crippen LogP contribution in [0.3, 0.4) is 0 Å². The predicted molar refractivity (Wildman–Crippen MR) is 89.8 cm³/mol. The zero-order valence-electron chi connectivity index (χ0n) is 13.2. The van der Waals surface area contributed by atoms with Gasteiger partial charge in [0.05, 0.1) is 0 Å². The van der Waals surface area contributed by atoms with Crippen LogP contribution in [0.1, 0.15) is 36.8 Å². The molecule has 2 fully saturated rings. The van der Waals surface area contributed by atoms with Gasteiger partial charge < -0.3 is 0 Å². The van der Waals surface area contributed by atoms with Gasteiger partial charge in [-0.1, -0.05) is 24.3 Å². The van der Waals surface area contributed by atoms with E-state index in [0.717, 1.165) is 18.4 Å². The SMILES string of the molecule is O=C1CC2CCCC2N1c1ccc(C#Cc2cccc(F)c2)cn1. The first-order valence-corrected chi connectivity index (χ1v) is 8.26. The highest BCUT2D eigenvalue weighted by Gasteiger charge is 2.43. The second kappa shape index (κ2) is 6.09. The molecule has 1 aliphatic carbocycles. The molecule has 1 aliphatic heterocycles. The Bertz CT molecular complexity index is 835. The summed E-state index contributed by atoms with van der Waals surface area (Å²) in [6.45, 7) is 0. The number of anilines is 1. The number of pyridine rings is 1. The van der Waals surface area contributed by atoms with Crippen molar-refractivity contribution in [2.75, 3.05) is 4.90 Å². The molecule has 0 radical (unpaired) electrons. The number of aromatic nitrogens is 1. The van der Waals surface area contributed by atoms with Crippen LogP contribution in [0.15, 0.2) is 42.6 Å². The van der Waals surface area contributed by atoms with Gasteiger partial charge in [0.1, 0.15) is 11.6 Å². The number of halogens is 1. The molecule has 0 N–H and O–H groups in total. The smallest absolute Gasteiger partial charge is 0.228 e. The minimum atomic E-state index is -0.297. The minimum Gasteiger partial charge on any atom is -0.293 e. The summed E-state index contributed by atoms with van der Waals surface area (Å²) in [6, 6.07) is 10.2. The predicted octanol–water partition coefficient (Wildman–Crippen LogP) is 3.53. The topological polar surface area (TPSA) is 33.2 Å². The summed E-state index contributed by atoms with van der Waals surface area (Å²) in [5.41, 5.74) is 1.38. The van der Waals surface area contributed by atoms with Crippen LogP contribution in [0.2, 0.25) is 0 Å². The summed E-state index contributed by atoms with van der Waals surface area (Å²) in [7, 11) is 0. The summed E-state index contributed by atoms with van der Waals surface area (Å²) in [5, 5.41) is 0. The molecular formula is C20H17FN2O. The minimum absolute atomic E-state index is 0.177. The monoisotopic (exact) mass is 320 g/mol. The molecule has 2 unspecified atom stereocenters. The lowest BCUT2D eigenvalue weighted by molar-refractivity contribution is -0.117. The molecule has 1 aromatic carbocycles. The lowest BCUT2D eigenvalue weighted by Crippen LogP contribution is -2.33. The molecule has 1 aromatic heterocycles. The Kier molecular flexibility index (Phi) is 3.78. The van der Waals surface area contributed by atoms with Crippen molar-refractivity contribution in [1.82, 2.24) is 4.98 Å². The Labute approximate surface area is 140 Å². The van der Waals surface area contributed by atoms with Gasteiger partial charge >= 0.3 is 0 Å². The Hall–Kier alpha value is -2.67. The number of hydrogen-bond donors (Lipinski definition) is 0. The molecule has 1 saturated carbocycles. The summed E-state index contributed by atoms with van der Waals surface area (Å²) in [4.78, 5) is 18.5. The average Bonchev–Trinajstić information content (AvgIpc) is 3.14. The quantitative estimate of drug-likeness (QED) is 0.753. The molecule has 1 saturated heterocycles.